The number of carboxylic acids is 1. The van der Waals surface area contributed by atoms with Crippen LogP contribution in [0.15, 0.2) is 6.20 Å². The van der Waals surface area contributed by atoms with Gasteiger partial charge in [-0.15, -0.1) is 0 Å². The minimum Gasteiger partial charge on any atom is -0.478 e. The second-order valence-corrected chi connectivity index (χ2v) is 7.91. The highest BCUT2D eigenvalue weighted by Crippen LogP contribution is 2.27. The Kier molecular flexibility index (Phi) is 5.90. The van der Waals surface area contributed by atoms with Crippen molar-refractivity contribution < 1.29 is 19.5 Å². The highest BCUT2D eigenvalue weighted by Gasteiger charge is 2.38. The van der Waals surface area contributed by atoms with Gasteiger partial charge in [-0.1, -0.05) is 0 Å². The summed E-state index contributed by atoms with van der Waals surface area (Å²) in [7, 11) is 0. The van der Waals surface area contributed by atoms with Crippen LogP contribution in [0.3, 0.4) is 0 Å². The van der Waals surface area contributed by atoms with Gasteiger partial charge in [-0.3, -0.25) is 9.48 Å². The van der Waals surface area contributed by atoms with Crippen LogP contribution < -0.4 is 5.32 Å². The number of amides is 3. The molecule has 28 heavy (non-hydrogen) atoms. The average molecular weight is 391 g/mol. The van der Waals surface area contributed by atoms with Crippen molar-refractivity contribution in [2.24, 2.45) is 0 Å². The van der Waals surface area contributed by atoms with Gasteiger partial charge in [-0.2, -0.15) is 5.10 Å². The molecule has 0 unspecified atom stereocenters. The molecule has 9 heteroatoms. The molecule has 2 saturated heterocycles. The van der Waals surface area contributed by atoms with Gasteiger partial charge in [0.15, 0.2) is 0 Å². The Hall–Kier alpha value is -2.58. The molecule has 154 valence electrons. The number of likely N-dealkylation sites (tertiary alicyclic amines) is 2. The van der Waals surface area contributed by atoms with E-state index < -0.39 is 5.97 Å². The van der Waals surface area contributed by atoms with Crippen LogP contribution in [0.1, 0.15) is 61.6 Å². The molecule has 0 radical (unpaired) electrons. The van der Waals surface area contributed by atoms with E-state index in [4.69, 9.17) is 0 Å². The number of aromatic nitrogens is 2. The average Bonchev–Trinajstić information content (AvgIpc) is 3.27. The predicted octanol–water partition coefficient (Wildman–Crippen LogP) is 1.64. The summed E-state index contributed by atoms with van der Waals surface area (Å²) in [6.07, 6.45) is 4.36. The first kappa shape index (κ1) is 20.2. The lowest BCUT2D eigenvalue weighted by Crippen LogP contribution is -2.53. The smallest absolute Gasteiger partial charge is 0.339 e. The van der Waals surface area contributed by atoms with Gasteiger partial charge in [-0.05, 0) is 46.5 Å². The number of carbonyl (C=O) groups excluding carboxylic acids is 2. The molecule has 9 nitrogen and oxygen atoms in total. The summed E-state index contributed by atoms with van der Waals surface area (Å²) in [5.41, 5.74) is 0.862. The molecule has 3 heterocycles. The molecule has 0 aromatic carbocycles. The number of nitrogens with one attached hydrogen (secondary N) is 1. The van der Waals surface area contributed by atoms with Crippen LogP contribution in [0.5, 0.6) is 0 Å². The van der Waals surface area contributed by atoms with Crippen LogP contribution >= 0.6 is 0 Å². The zero-order valence-corrected chi connectivity index (χ0v) is 16.7. The molecule has 0 saturated carbocycles. The van der Waals surface area contributed by atoms with E-state index in [-0.39, 0.29) is 35.6 Å². The topological polar surface area (TPSA) is 108 Å². The summed E-state index contributed by atoms with van der Waals surface area (Å²) < 4.78 is 1.77. The molecule has 1 atom stereocenters. The van der Waals surface area contributed by atoms with Crippen LogP contribution in [-0.2, 0) is 4.79 Å². The van der Waals surface area contributed by atoms with Crippen molar-refractivity contribution in [2.45, 2.75) is 64.6 Å². The summed E-state index contributed by atoms with van der Waals surface area (Å²) in [6, 6.07) is -0.442. The van der Waals surface area contributed by atoms with Crippen LogP contribution in [0, 0.1) is 6.92 Å². The predicted molar refractivity (Wildman–Crippen MR) is 102 cm³/mol. The molecule has 2 N–H and O–H groups in total. The summed E-state index contributed by atoms with van der Waals surface area (Å²) in [4.78, 5) is 40.1. The second kappa shape index (κ2) is 8.20. The van der Waals surface area contributed by atoms with Crippen molar-refractivity contribution in [1.82, 2.24) is 24.9 Å². The minimum atomic E-state index is -0.975. The standard InChI is InChI=1S/C19H29N5O4/c1-12(2)21-19(28)23-8-4-5-16(23)17(25)22-9-6-14(7-10-22)24-13(3)15(11-20-24)18(26)27/h11-12,14,16H,4-10H2,1-3H3,(H,21,28)(H,26,27)/t16-/m0/s1. The lowest BCUT2D eigenvalue weighted by molar-refractivity contribution is -0.136. The highest BCUT2D eigenvalue weighted by molar-refractivity contribution is 5.88. The molecule has 1 aromatic heterocycles. The normalized spacial score (nSPS) is 20.6. The fourth-order valence-corrected chi connectivity index (χ4v) is 4.14. The zero-order valence-electron chi connectivity index (χ0n) is 16.7. The van der Waals surface area contributed by atoms with Crippen molar-refractivity contribution in [3.63, 3.8) is 0 Å². The first-order valence-electron chi connectivity index (χ1n) is 9.93. The molecule has 3 rings (SSSR count). The van der Waals surface area contributed by atoms with Gasteiger partial charge in [-0.25, -0.2) is 9.59 Å². The quantitative estimate of drug-likeness (QED) is 0.811. The van der Waals surface area contributed by atoms with E-state index in [2.05, 4.69) is 10.4 Å². The number of aromatic carboxylic acids is 1. The molecule has 0 spiro atoms. The van der Waals surface area contributed by atoms with E-state index in [9.17, 15) is 19.5 Å². The highest BCUT2D eigenvalue weighted by atomic mass is 16.4. The number of urea groups is 1. The summed E-state index contributed by atoms with van der Waals surface area (Å²) in [5.74, 6) is -0.962. The van der Waals surface area contributed by atoms with E-state index in [1.165, 1.54) is 6.20 Å². The Morgan fingerprint density at radius 1 is 1.18 bits per heavy atom. The zero-order chi connectivity index (χ0) is 20.4. The van der Waals surface area contributed by atoms with Gasteiger partial charge >= 0.3 is 12.0 Å². The number of carbonyl (C=O) groups is 3. The van der Waals surface area contributed by atoms with Crippen molar-refractivity contribution in [1.29, 1.82) is 0 Å². The second-order valence-electron chi connectivity index (χ2n) is 7.91. The van der Waals surface area contributed by atoms with Gasteiger partial charge in [0.25, 0.3) is 0 Å². The Morgan fingerprint density at radius 2 is 1.86 bits per heavy atom. The van der Waals surface area contributed by atoms with Gasteiger partial charge in [0.2, 0.25) is 5.91 Å². The Balaban J connectivity index is 1.61. The third-order valence-electron chi connectivity index (χ3n) is 5.61. The Labute approximate surface area is 164 Å². The number of nitrogens with zero attached hydrogens (tertiary/aromatic N) is 4. The number of hydrogen-bond acceptors (Lipinski definition) is 4. The third-order valence-corrected chi connectivity index (χ3v) is 5.61. The van der Waals surface area contributed by atoms with Crippen molar-refractivity contribution in [3.8, 4) is 0 Å². The maximum absolute atomic E-state index is 13.0. The van der Waals surface area contributed by atoms with Crippen LogP contribution in [0.25, 0.3) is 0 Å². The van der Waals surface area contributed by atoms with E-state index in [0.717, 1.165) is 19.3 Å². The first-order valence-corrected chi connectivity index (χ1v) is 9.93. The van der Waals surface area contributed by atoms with Gasteiger partial charge in [0.1, 0.15) is 11.6 Å². The van der Waals surface area contributed by atoms with Crippen molar-refractivity contribution in [3.05, 3.63) is 17.5 Å². The maximum atomic E-state index is 13.0. The fraction of sp³-hybridized carbons (Fsp3) is 0.684. The summed E-state index contributed by atoms with van der Waals surface area (Å²) in [6.45, 7) is 7.35. The van der Waals surface area contributed by atoms with Crippen molar-refractivity contribution >= 4 is 17.9 Å². The molecular formula is C19H29N5O4. The van der Waals surface area contributed by atoms with Crippen LogP contribution in [0.2, 0.25) is 0 Å². The largest absolute Gasteiger partial charge is 0.478 e. The lowest BCUT2D eigenvalue weighted by atomic mass is 10.0. The van der Waals surface area contributed by atoms with Gasteiger partial charge in [0, 0.05) is 25.7 Å². The molecule has 2 aliphatic heterocycles. The molecule has 0 aliphatic carbocycles. The maximum Gasteiger partial charge on any atom is 0.339 e. The number of piperidine rings is 1. The van der Waals surface area contributed by atoms with E-state index >= 15 is 0 Å². The minimum absolute atomic E-state index is 0.0123. The summed E-state index contributed by atoms with van der Waals surface area (Å²) >= 11 is 0. The lowest BCUT2D eigenvalue weighted by Gasteiger charge is -2.36. The molecule has 1 aromatic rings. The molecular weight excluding hydrogens is 362 g/mol. The Bertz CT molecular complexity index is 752. The van der Waals surface area contributed by atoms with Crippen LogP contribution in [-0.4, -0.2) is 74.3 Å². The van der Waals surface area contributed by atoms with Crippen molar-refractivity contribution in [2.75, 3.05) is 19.6 Å². The van der Waals surface area contributed by atoms with Gasteiger partial charge < -0.3 is 20.2 Å². The molecule has 0 bridgehead atoms. The first-order chi connectivity index (χ1) is 13.3. The van der Waals surface area contributed by atoms with E-state index in [1.807, 2.05) is 18.7 Å². The third kappa shape index (κ3) is 3.98. The Morgan fingerprint density at radius 3 is 2.43 bits per heavy atom. The molecule has 3 amide bonds. The summed E-state index contributed by atoms with van der Waals surface area (Å²) in [5, 5.41) is 16.3. The van der Waals surface area contributed by atoms with E-state index in [0.29, 0.717) is 31.7 Å². The van der Waals surface area contributed by atoms with Gasteiger partial charge in [0.05, 0.1) is 17.9 Å². The molecule has 2 aliphatic rings. The number of rotatable bonds is 4. The van der Waals surface area contributed by atoms with Crippen LogP contribution in [0.4, 0.5) is 4.79 Å². The number of carboxylic acid groups (broad SMARTS) is 1. The van der Waals surface area contributed by atoms with E-state index in [1.54, 1.807) is 16.5 Å². The fourth-order valence-electron chi connectivity index (χ4n) is 4.14. The number of hydrogen-bond donors (Lipinski definition) is 2. The monoisotopic (exact) mass is 391 g/mol. The molecule has 2 fully saturated rings. The SMILES string of the molecule is Cc1c(C(=O)O)cnn1C1CCN(C(=O)[C@@H]2CCCN2C(=O)NC(C)C)CC1.